The number of ether oxygens (including phenoxy) is 12. The third-order valence-electron chi connectivity index (χ3n) is 12.8. The van der Waals surface area contributed by atoms with Crippen molar-refractivity contribution in [3.63, 3.8) is 0 Å². The lowest BCUT2D eigenvalue weighted by Crippen LogP contribution is -2.30. The summed E-state index contributed by atoms with van der Waals surface area (Å²) in [7, 11) is 23.8. The van der Waals surface area contributed by atoms with E-state index in [9.17, 15) is 78.8 Å². The summed E-state index contributed by atoms with van der Waals surface area (Å²) in [5.41, 5.74) is 14.8. The van der Waals surface area contributed by atoms with Crippen molar-refractivity contribution in [1.82, 2.24) is 9.80 Å². The number of nitro groups is 4. The van der Waals surface area contributed by atoms with Gasteiger partial charge >= 0.3 is 35.8 Å². The van der Waals surface area contributed by atoms with Gasteiger partial charge in [0.05, 0.1) is 112 Å². The summed E-state index contributed by atoms with van der Waals surface area (Å²) in [6, 6.07) is 24.7. The number of nitrogen functional groups attached to an aromatic ring is 2. The molecule has 4 N–H and O–H groups in total. The molecule has 0 spiro atoms. The van der Waals surface area contributed by atoms with Crippen LogP contribution < -0.4 is 11.5 Å². The summed E-state index contributed by atoms with van der Waals surface area (Å²) in [5.74, 6) is -3.16. The second-order valence-electron chi connectivity index (χ2n) is 19.9. The van der Waals surface area contributed by atoms with Gasteiger partial charge in [0.15, 0.2) is 25.2 Å². The Bertz CT molecular complexity index is 3870. The van der Waals surface area contributed by atoms with Gasteiger partial charge in [-0.05, 0) is 118 Å². The summed E-state index contributed by atoms with van der Waals surface area (Å²) in [4.78, 5) is 132. The number of methoxy groups -OCH3 is 12. The summed E-state index contributed by atoms with van der Waals surface area (Å²) in [5, 5.41) is 42.7. The lowest BCUT2D eigenvalue weighted by Gasteiger charge is -2.19. The summed E-state index contributed by atoms with van der Waals surface area (Å²) < 4.78 is 56.9. The standard InChI is InChI=1S/C12H14N2O4.C11H13NO6.C11H15NO4.C9H7NO5.C9H9NO4.C9H9NO3.C5H13NO2/c1-13(2)7-6-9-8-10(12(15)18-3)4-5-11(9)14(16)17;1-16-10(13)7-4-5-9(12(14)15)8(6-7)11(17-2)18-3;1-14-10(13)7-4-5-9(12)8(6-7)11(15-2)16-3;1-15-9(12)6-2-3-8(10(13)14)7(4-6)5-11;1-6-5-7(9(11)14-2)3-4-8(6)10(12)13;1-13-9(12)6-2-3-8(10)7(4-6)5-11;1-6(2)5(7-3)8-4/h4-8H,1-3H3;4-6,11H,1-3H3;4-6,11H,12H2,1-3H3;2-5H,1H3;3-5H,1-2H3;2-5H,10H2,1H3;5H,1-4H3/b7-6+;;;;;;. The molecule has 6 aromatic carbocycles. The Labute approximate surface area is 584 Å². The lowest BCUT2D eigenvalue weighted by molar-refractivity contribution is -0.387. The predicted octanol–water partition coefficient (Wildman–Crippen LogP) is 8.81. The topological polar surface area (TPSA) is 478 Å². The van der Waals surface area contributed by atoms with E-state index in [1.165, 1.54) is 150 Å². The molecule has 36 heteroatoms. The number of esters is 6. The molecule has 0 radical (unpaired) electrons. The van der Waals surface area contributed by atoms with Gasteiger partial charge in [-0.2, -0.15) is 0 Å². The number of benzene rings is 6. The van der Waals surface area contributed by atoms with Gasteiger partial charge in [-0.25, -0.2) is 28.8 Å². The van der Waals surface area contributed by atoms with Crippen LogP contribution in [-0.2, 0) is 56.8 Å². The molecule has 0 aliphatic rings. The molecule has 0 unspecified atom stereocenters. The molecular weight excluding hydrogens is 1350 g/mol. The van der Waals surface area contributed by atoms with E-state index < -0.39 is 68.1 Å². The summed E-state index contributed by atoms with van der Waals surface area (Å²) >= 11 is 0. The zero-order chi connectivity index (χ0) is 78.1. The number of nitro benzene ring substituents is 4. The van der Waals surface area contributed by atoms with Crippen molar-refractivity contribution in [3.8, 4) is 0 Å². The molecule has 6 rings (SSSR count). The zero-order valence-electron chi connectivity index (χ0n) is 58.7. The molecule has 0 saturated carbocycles. The predicted molar refractivity (Wildman–Crippen MR) is 365 cm³/mol. The highest BCUT2D eigenvalue weighted by atomic mass is 16.7. The third kappa shape index (κ3) is 29.2. The van der Waals surface area contributed by atoms with Crippen LogP contribution >= 0.6 is 0 Å². The smallest absolute Gasteiger partial charge is 0.337 e. The monoisotopic (exact) mass is 1430 g/mol. The number of nitrogens with zero attached hydrogens (tertiary/aromatic N) is 6. The first-order chi connectivity index (χ1) is 48.2. The van der Waals surface area contributed by atoms with Crippen LogP contribution in [0.25, 0.3) is 6.08 Å². The SMILES string of the molecule is COC(=O)c1ccc(N)c(C(OC)OC)c1.COC(=O)c1ccc(N)c(C=O)c1.COC(=O)c1ccc([N+](=O)[O-])c(/C=C/N(C)C)c1.COC(=O)c1ccc([N+](=O)[O-])c(C(OC)OC)c1.COC(=O)c1ccc([N+](=O)[O-])c(C)c1.COC(=O)c1ccc([N+](=O)[O-])c(C=O)c1.COC(OC)N(C)C. The molecule has 36 nitrogen and oxygen atoms in total. The third-order valence-corrected chi connectivity index (χ3v) is 12.8. The quantitative estimate of drug-likeness (QED) is 0.0115. The van der Waals surface area contributed by atoms with Crippen molar-refractivity contribution >= 4 is 88.6 Å². The van der Waals surface area contributed by atoms with Gasteiger partial charge in [-0.3, -0.25) is 54.9 Å². The number of carbonyl (C=O) groups is 8. The summed E-state index contributed by atoms with van der Waals surface area (Å²) in [6.45, 7) is 1.57. The Kier molecular flexibility index (Phi) is 41.5. The number of rotatable bonds is 23. The molecule has 6 aromatic rings. The Balaban J connectivity index is 0.00000118. The fraction of sp³-hybridized carbons (Fsp3) is 0.303. The number of carbonyl (C=O) groups excluding carboxylic acids is 8. The molecule has 102 heavy (non-hydrogen) atoms. The maximum atomic E-state index is 11.4. The van der Waals surface area contributed by atoms with Crippen LogP contribution in [-0.4, -0.2) is 198 Å². The minimum Gasteiger partial charge on any atom is -0.465 e. The Hall–Kier alpha value is -12.1. The van der Waals surface area contributed by atoms with E-state index in [2.05, 4.69) is 28.4 Å². The largest absolute Gasteiger partial charge is 0.465 e. The molecule has 552 valence electrons. The van der Waals surface area contributed by atoms with Crippen molar-refractivity contribution < 1.29 is 115 Å². The second kappa shape index (κ2) is 47.0. The van der Waals surface area contributed by atoms with E-state index in [0.717, 1.165) is 12.1 Å². The number of aryl methyl sites for hydroxylation is 1. The highest BCUT2D eigenvalue weighted by Crippen LogP contribution is 2.30. The number of nitrogens with two attached hydrogens (primary N) is 2. The highest BCUT2D eigenvalue weighted by molar-refractivity contribution is 5.95. The second-order valence-corrected chi connectivity index (χ2v) is 19.9. The van der Waals surface area contributed by atoms with Gasteiger partial charge in [0.1, 0.15) is 0 Å². The van der Waals surface area contributed by atoms with Crippen LogP contribution in [0.3, 0.4) is 0 Å². The van der Waals surface area contributed by atoms with E-state index in [-0.39, 0.29) is 57.0 Å². The van der Waals surface area contributed by atoms with Crippen LogP contribution in [0.15, 0.2) is 115 Å². The molecule has 0 fully saturated rings. The van der Waals surface area contributed by atoms with Crippen LogP contribution in [0.1, 0.15) is 118 Å². The van der Waals surface area contributed by atoms with E-state index in [1.54, 1.807) is 70.6 Å². The van der Waals surface area contributed by atoms with Gasteiger partial charge in [-0.15, -0.1) is 0 Å². The first-order valence-electron chi connectivity index (χ1n) is 28.7. The number of hydrogen-bond donors (Lipinski definition) is 2. The Morgan fingerprint density at radius 2 is 0.676 bits per heavy atom. The number of hydrogen-bond acceptors (Lipinski definition) is 32. The first-order valence-corrected chi connectivity index (χ1v) is 28.7. The van der Waals surface area contributed by atoms with Gasteiger partial charge in [-0.1, -0.05) is 0 Å². The zero-order valence-corrected chi connectivity index (χ0v) is 58.7. The van der Waals surface area contributed by atoms with E-state index in [4.69, 9.17) is 39.9 Å². The average Bonchev–Trinajstić information content (AvgIpc) is 0.924. The minimum atomic E-state index is -0.921. The van der Waals surface area contributed by atoms with Crippen molar-refractivity contribution in [2.24, 2.45) is 0 Å². The molecule has 0 saturated heterocycles. The molecule has 0 heterocycles. The lowest BCUT2D eigenvalue weighted by atomic mass is 10.1. The van der Waals surface area contributed by atoms with Crippen molar-refractivity contribution in [2.75, 3.05) is 125 Å². The highest BCUT2D eigenvalue weighted by Gasteiger charge is 2.25. The normalized spacial score (nSPS) is 10.1. The molecule has 0 amide bonds. The summed E-state index contributed by atoms with van der Waals surface area (Å²) in [6.07, 6.45) is 2.44. The van der Waals surface area contributed by atoms with Crippen LogP contribution in [0.2, 0.25) is 0 Å². The van der Waals surface area contributed by atoms with Crippen LogP contribution in [0.4, 0.5) is 34.1 Å². The maximum Gasteiger partial charge on any atom is 0.337 e. The van der Waals surface area contributed by atoms with Crippen LogP contribution in [0, 0.1) is 47.4 Å². The molecule has 0 atom stereocenters. The Morgan fingerprint density at radius 3 is 0.990 bits per heavy atom. The van der Waals surface area contributed by atoms with Gasteiger partial charge in [0.2, 0.25) is 6.41 Å². The van der Waals surface area contributed by atoms with Crippen LogP contribution in [0.5, 0.6) is 0 Å². The first kappa shape index (κ1) is 89.9. The molecular formula is C66H80N8O28. The van der Waals surface area contributed by atoms with Gasteiger partial charge < -0.3 is 73.2 Å². The van der Waals surface area contributed by atoms with Gasteiger partial charge in [0.25, 0.3) is 22.7 Å². The van der Waals surface area contributed by atoms with Crippen molar-refractivity contribution in [3.05, 3.63) is 223 Å². The van der Waals surface area contributed by atoms with E-state index in [0.29, 0.717) is 62.9 Å². The van der Waals surface area contributed by atoms with E-state index in [1.807, 2.05) is 19.0 Å². The average molecular weight is 1430 g/mol. The number of anilines is 2. The molecule has 0 aromatic heterocycles. The minimum absolute atomic E-state index is 0.00217. The number of aldehydes is 2. The fourth-order valence-corrected chi connectivity index (χ4v) is 7.81. The fourth-order valence-electron chi connectivity index (χ4n) is 7.81. The van der Waals surface area contributed by atoms with Gasteiger partial charge in [0, 0.05) is 109 Å². The maximum absolute atomic E-state index is 11.4. The molecule has 0 bridgehead atoms. The van der Waals surface area contributed by atoms with Crippen molar-refractivity contribution in [1.29, 1.82) is 0 Å². The Morgan fingerprint density at radius 1 is 0.382 bits per heavy atom. The molecule has 0 aliphatic carbocycles. The van der Waals surface area contributed by atoms with E-state index >= 15 is 0 Å². The van der Waals surface area contributed by atoms with Crippen molar-refractivity contribution in [2.45, 2.75) is 25.9 Å². The molecule has 0 aliphatic heterocycles.